The highest BCUT2D eigenvalue weighted by atomic mass is 15.2. The van der Waals surface area contributed by atoms with Gasteiger partial charge in [-0.25, -0.2) is 14.5 Å². The summed E-state index contributed by atoms with van der Waals surface area (Å²) in [5.74, 6) is 0.654. The van der Waals surface area contributed by atoms with Gasteiger partial charge in [0, 0.05) is 18.6 Å². The second-order valence-corrected chi connectivity index (χ2v) is 3.17. The molecule has 0 saturated carbocycles. The lowest BCUT2D eigenvalue weighted by Crippen LogP contribution is -1.88. The Hall–Kier alpha value is -2.23. The fraction of sp³-hybridized carbons (Fsp3) is 0. The molecule has 0 saturated heterocycles. The number of hydrogen-bond donors (Lipinski definition) is 0. The zero-order valence-corrected chi connectivity index (χ0v) is 7.91. The topological polar surface area (TPSA) is 43.1 Å². The molecule has 4 nitrogen and oxygen atoms in total. The van der Waals surface area contributed by atoms with Gasteiger partial charge in [0.15, 0.2) is 5.82 Å². The van der Waals surface area contributed by atoms with Gasteiger partial charge < -0.3 is 0 Å². The molecule has 0 aliphatic rings. The molecule has 0 aromatic carbocycles. The van der Waals surface area contributed by atoms with Crippen molar-refractivity contribution in [3.63, 3.8) is 0 Å². The second-order valence-electron chi connectivity index (χ2n) is 3.17. The molecule has 3 rings (SSSR count). The minimum Gasteiger partial charge on any atom is -0.240 e. The highest BCUT2D eigenvalue weighted by Crippen LogP contribution is 2.14. The van der Waals surface area contributed by atoms with Crippen LogP contribution in [0.25, 0.3) is 17.0 Å². The van der Waals surface area contributed by atoms with Crippen LogP contribution in [0, 0.1) is 0 Å². The molecule has 0 N–H and O–H groups in total. The molecule has 0 unspecified atom stereocenters. The third-order valence-electron chi connectivity index (χ3n) is 2.16. The molecule has 0 bridgehead atoms. The van der Waals surface area contributed by atoms with Crippen molar-refractivity contribution in [1.29, 1.82) is 0 Å². The van der Waals surface area contributed by atoms with E-state index in [0.717, 1.165) is 11.2 Å². The summed E-state index contributed by atoms with van der Waals surface area (Å²) in [5.41, 5.74) is 1.83. The molecule has 0 atom stereocenters. The van der Waals surface area contributed by atoms with Crippen LogP contribution >= 0.6 is 0 Å². The number of aromatic nitrogens is 4. The number of rotatable bonds is 1. The maximum Gasteiger partial charge on any atom is 0.180 e. The average Bonchev–Trinajstić information content (AvgIpc) is 2.74. The molecular weight excluding hydrogens is 188 g/mol. The third kappa shape index (κ3) is 1.36. The minimum atomic E-state index is 0.654. The van der Waals surface area contributed by atoms with E-state index in [-0.39, 0.29) is 0 Å². The van der Waals surface area contributed by atoms with E-state index in [9.17, 15) is 0 Å². The first kappa shape index (κ1) is 8.11. The summed E-state index contributed by atoms with van der Waals surface area (Å²) < 4.78 is 1.81. The van der Waals surface area contributed by atoms with Crippen LogP contribution in [0.1, 0.15) is 0 Å². The number of fused-ring (bicyclic) bond motifs is 1. The van der Waals surface area contributed by atoms with Crippen LogP contribution in [0.5, 0.6) is 0 Å². The van der Waals surface area contributed by atoms with E-state index >= 15 is 0 Å². The van der Waals surface area contributed by atoms with Gasteiger partial charge in [-0.15, -0.1) is 0 Å². The highest BCUT2D eigenvalue weighted by molar-refractivity contribution is 5.60. The molecule has 0 aliphatic carbocycles. The summed E-state index contributed by atoms with van der Waals surface area (Å²) in [5, 5.41) is 4.37. The quantitative estimate of drug-likeness (QED) is 0.596. The van der Waals surface area contributed by atoms with Crippen molar-refractivity contribution in [2.24, 2.45) is 0 Å². The van der Waals surface area contributed by atoms with Crippen molar-refractivity contribution in [2.75, 3.05) is 0 Å². The smallest absolute Gasteiger partial charge is 0.180 e. The van der Waals surface area contributed by atoms with Gasteiger partial charge in [-0.2, -0.15) is 5.10 Å². The van der Waals surface area contributed by atoms with Crippen LogP contribution in [-0.2, 0) is 0 Å². The molecule has 0 spiro atoms. The van der Waals surface area contributed by atoms with Crippen LogP contribution in [0.2, 0.25) is 0 Å². The van der Waals surface area contributed by atoms with E-state index in [4.69, 9.17) is 0 Å². The zero-order chi connectivity index (χ0) is 10.1. The largest absolute Gasteiger partial charge is 0.240 e. The fourth-order valence-corrected chi connectivity index (χ4v) is 1.48. The molecule has 0 amide bonds. The molecule has 72 valence electrons. The standard InChI is InChI=1S/C11H8N4/c1-2-7-15-9(4-1)8-10(14-15)11-12-5-3-6-13-11/h1-8H. The van der Waals surface area contributed by atoms with Crippen molar-refractivity contribution in [1.82, 2.24) is 19.6 Å². The first-order chi connectivity index (χ1) is 7.43. The zero-order valence-electron chi connectivity index (χ0n) is 7.91. The van der Waals surface area contributed by atoms with Gasteiger partial charge in [0.2, 0.25) is 0 Å². The first-order valence-corrected chi connectivity index (χ1v) is 4.65. The van der Waals surface area contributed by atoms with E-state index in [1.54, 1.807) is 18.5 Å². The van der Waals surface area contributed by atoms with Crippen LogP contribution in [0.15, 0.2) is 48.9 Å². The lowest BCUT2D eigenvalue weighted by atomic mass is 10.3. The average molecular weight is 196 g/mol. The van der Waals surface area contributed by atoms with Gasteiger partial charge in [0.1, 0.15) is 5.69 Å². The summed E-state index contributed by atoms with van der Waals surface area (Å²) >= 11 is 0. The number of pyridine rings is 1. The Morgan fingerprint density at radius 2 is 1.87 bits per heavy atom. The SMILES string of the molecule is c1cnc(-c2cc3ccccn3n2)nc1. The van der Waals surface area contributed by atoms with Gasteiger partial charge in [-0.1, -0.05) is 6.07 Å². The molecule has 0 fully saturated rings. The van der Waals surface area contributed by atoms with Crippen molar-refractivity contribution in [2.45, 2.75) is 0 Å². The molecule has 0 radical (unpaired) electrons. The Balaban J connectivity index is 2.21. The van der Waals surface area contributed by atoms with Crippen LogP contribution in [-0.4, -0.2) is 19.6 Å². The normalized spacial score (nSPS) is 10.7. The molecule has 15 heavy (non-hydrogen) atoms. The highest BCUT2D eigenvalue weighted by Gasteiger charge is 2.04. The maximum atomic E-state index is 4.37. The monoisotopic (exact) mass is 196 g/mol. The van der Waals surface area contributed by atoms with Gasteiger partial charge in [0.05, 0.1) is 5.52 Å². The maximum absolute atomic E-state index is 4.37. The second kappa shape index (κ2) is 3.16. The predicted molar refractivity (Wildman–Crippen MR) is 56.2 cm³/mol. The lowest BCUT2D eigenvalue weighted by molar-refractivity contribution is 0.955. The van der Waals surface area contributed by atoms with Gasteiger partial charge in [-0.05, 0) is 24.3 Å². The Labute approximate surface area is 86.2 Å². The third-order valence-corrected chi connectivity index (χ3v) is 2.16. The summed E-state index contributed by atoms with van der Waals surface area (Å²) in [6, 6.07) is 9.68. The molecule has 4 heteroatoms. The number of hydrogen-bond acceptors (Lipinski definition) is 3. The molecule has 3 heterocycles. The summed E-state index contributed by atoms with van der Waals surface area (Å²) in [6.07, 6.45) is 5.33. The Morgan fingerprint density at radius 3 is 2.67 bits per heavy atom. The summed E-state index contributed by atoms with van der Waals surface area (Å²) in [7, 11) is 0. The van der Waals surface area contributed by atoms with Crippen LogP contribution in [0.3, 0.4) is 0 Å². The van der Waals surface area contributed by atoms with E-state index in [1.807, 2.05) is 35.0 Å². The van der Waals surface area contributed by atoms with Crippen LogP contribution in [0.4, 0.5) is 0 Å². The van der Waals surface area contributed by atoms with Gasteiger partial charge >= 0.3 is 0 Å². The van der Waals surface area contributed by atoms with E-state index in [2.05, 4.69) is 15.1 Å². The Morgan fingerprint density at radius 1 is 1.00 bits per heavy atom. The molecule has 0 aliphatic heterocycles. The minimum absolute atomic E-state index is 0.654. The fourth-order valence-electron chi connectivity index (χ4n) is 1.48. The van der Waals surface area contributed by atoms with Crippen molar-refractivity contribution in [3.05, 3.63) is 48.9 Å². The Bertz CT molecular complexity index is 553. The van der Waals surface area contributed by atoms with Gasteiger partial charge in [0.25, 0.3) is 0 Å². The lowest BCUT2D eigenvalue weighted by Gasteiger charge is -1.90. The van der Waals surface area contributed by atoms with Crippen molar-refractivity contribution < 1.29 is 0 Å². The predicted octanol–water partition coefficient (Wildman–Crippen LogP) is 1.79. The van der Waals surface area contributed by atoms with E-state index in [1.165, 1.54) is 0 Å². The number of nitrogens with zero attached hydrogens (tertiary/aromatic N) is 4. The summed E-state index contributed by atoms with van der Waals surface area (Å²) in [6.45, 7) is 0. The first-order valence-electron chi connectivity index (χ1n) is 4.65. The molecule has 3 aromatic heterocycles. The van der Waals surface area contributed by atoms with Crippen LogP contribution < -0.4 is 0 Å². The van der Waals surface area contributed by atoms with Gasteiger partial charge in [-0.3, -0.25) is 0 Å². The summed E-state index contributed by atoms with van der Waals surface area (Å²) in [4.78, 5) is 8.31. The van der Waals surface area contributed by atoms with Crippen molar-refractivity contribution >= 4 is 5.52 Å². The molecule has 3 aromatic rings. The van der Waals surface area contributed by atoms with E-state index in [0.29, 0.717) is 5.82 Å². The van der Waals surface area contributed by atoms with Crippen molar-refractivity contribution in [3.8, 4) is 11.5 Å². The Kier molecular flexibility index (Phi) is 1.71. The molecular formula is C11H8N4. The van der Waals surface area contributed by atoms with E-state index < -0.39 is 0 Å².